The van der Waals surface area contributed by atoms with E-state index in [0.29, 0.717) is 0 Å². The molecule has 1 aromatic carbocycles. The monoisotopic (exact) mass is 217 g/mol. The van der Waals surface area contributed by atoms with Gasteiger partial charge in [-0.25, -0.2) is 0 Å². The smallest absolute Gasteiger partial charge is 0.131 e. The maximum absolute atomic E-state index is 5.45. The van der Waals surface area contributed by atoms with Gasteiger partial charge >= 0.3 is 0 Å². The highest BCUT2D eigenvalue weighted by Gasteiger charge is 2.11. The summed E-state index contributed by atoms with van der Waals surface area (Å²) in [6.45, 7) is 2.11. The summed E-state index contributed by atoms with van der Waals surface area (Å²) in [5.41, 5.74) is 3.02. The van der Waals surface area contributed by atoms with E-state index >= 15 is 0 Å². The Hall–Kier alpha value is -1.84. The van der Waals surface area contributed by atoms with Gasteiger partial charge in [-0.2, -0.15) is 15.0 Å². The molecule has 4 heteroatoms. The highest BCUT2D eigenvalue weighted by Crippen LogP contribution is 2.31. The minimum absolute atomic E-state index is 0.842. The van der Waals surface area contributed by atoms with E-state index < -0.39 is 0 Å². The standard InChI is InChI=1S/C12H15N3O/c1-4-9-6-5-7-10(12(9)16-3)11-8-13-15(2)14-11/h5-8H,4H2,1-3H3. The van der Waals surface area contributed by atoms with E-state index in [1.54, 1.807) is 25.2 Å². The van der Waals surface area contributed by atoms with E-state index in [-0.39, 0.29) is 0 Å². The first-order valence-corrected chi connectivity index (χ1v) is 5.28. The third-order valence-electron chi connectivity index (χ3n) is 2.56. The van der Waals surface area contributed by atoms with E-state index in [1.165, 1.54) is 5.56 Å². The largest absolute Gasteiger partial charge is 0.496 e. The van der Waals surface area contributed by atoms with Crippen molar-refractivity contribution in [2.75, 3.05) is 7.11 Å². The van der Waals surface area contributed by atoms with Gasteiger partial charge in [0.2, 0.25) is 0 Å². The summed E-state index contributed by atoms with van der Waals surface area (Å²) in [4.78, 5) is 1.55. The summed E-state index contributed by atoms with van der Waals surface area (Å²) in [5, 5.41) is 8.36. The first-order chi connectivity index (χ1) is 7.76. The normalized spacial score (nSPS) is 10.4. The van der Waals surface area contributed by atoms with Gasteiger partial charge in [0.1, 0.15) is 11.4 Å². The Labute approximate surface area is 94.9 Å². The maximum Gasteiger partial charge on any atom is 0.131 e. The minimum Gasteiger partial charge on any atom is -0.496 e. The van der Waals surface area contributed by atoms with Crippen LogP contribution >= 0.6 is 0 Å². The van der Waals surface area contributed by atoms with E-state index in [1.807, 2.05) is 12.1 Å². The first-order valence-electron chi connectivity index (χ1n) is 5.28. The third kappa shape index (κ3) is 1.78. The number of para-hydroxylation sites is 1. The summed E-state index contributed by atoms with van der Waals surface area (Å²) in [5.74, 6) is 0.894. The molecular weight excluding hydrogens is 202 g/mol. The fraction of sp³-hybridized carbons (Fsp3) is 0.333. The zero-order valence-electron chi connectivity index (χ0n) is 9.77. The summed E-state index contributed by atoms with van der Waals surface area (Å²) in [6, 6.07) is 6.09. The van der Waals surface area contributed by atoms with E-state index in [9.17, 15) is 0 Å². The molecule has 0 aliphatic heterocycles. The minimum atomic E-state index is 0.842. The lowest BCUT2D eigenvalue weighted by molar-refractivity contribution is 0.411. The Balaban J connectivity index is 2.56. The lowest BCUT2D eigenvalue weighted by atomic mass is 10.0. The molecule has 0 amide bonds. The summed E-state index contributed by atoms with van der Waals surface area (Å²) < 4.78 is 5.45. The highest BCUT2D eigenvalue weighted by atomic mass is 16.5. The molecule has 0 fully saturated rings. The van der Waals surface area contributed by atoms with Crippen LogP contribution in [0.2, 0.25) is 0 Å². The fourth-order valence-electron chi connectivity index (χ4n) is 1.78. The zero-order valence-corrected chi connectivity index (χ0v) is 9.77. The molecule has 0 spiro atoms. The molecule has 2 aromatic rings. The fourth-order valence-corrected chi connectivity index (χ4v) is 1.78. The number of aryl methyl sites for hydroxylation is 2. The highest BCUT2D eigenvalue weighted by molar-refractivity contribution is 5.68. The van der Waals surface area contributed by atoms with Gasteiger partial charge in [0.15, 0.2) is 0 Å². The maximum atomic E-state index is 5.45. The van der Waals surface area contributed by atoms with Crippen molar-refractivity contribution in [2.45, 2.75) is 13.3 Å². The number of rotatable bonds is 3. The van der Waals surface area contributed by atoms with Crippen LogP contribution in [-0.4, -0.2) is 22.1 Å². The molecule has 0 aliphatic carbocycles. The Morgan fingerprint density at radius 2 is 2.19 bits per heavy atom. The van der Waals surface area contributed by atoms with Crippen molar-refractivity contribution in [2.24, 2.45) is 7.05 Å². The molecule has 4 nitrogen and oxygen atoms in total. The van der Waals surface area contributed by atoms with Gasteiger partial charge in [-0.05, 0) is 18.1 Å². The van der Waals surface area contributed by atoms with Crippen molar-refractivity contribution in [1.82, 2.24) is 15.0 Å². The number of ether oxygens (including phenoxy) is 1. The Bertz CT molecular complexity index is 491. The van der Waals surface area contributed by atoms with Crippen molar-refractivity contribution in [3.05, 3.63) is 30.0 Å². The van der Waals surface area contributed by atoms with Crippen LogP contribution < -0.4 is 4.74 Å². The molecular formula is C12H15N3O. The lowest BCUT2D eigenvalue weighted by Crippen LogP contribution is -1.95. The van der Waals surface area contributed by atoms with E-state index in [4.69, 9.17) is 4.74 Å². The number of aromatic nitrogens is 3. The van der Waals surface area contributed by atoms with Crippen molar-refractivity contribution in [3.63, 3.8) is 0 Å². The van der Waals surface area contributed by atoms with Gasteiger partial charge in [0.25, 0.3) is 0 Å². The van der Waals surface area contributed by atoms with Gasteiger partial charge < -0.3 is 4.74 Å². The molecule has 16 heavy (non-hydrogen) atoms. The predicted octanol–water partition coefficient (Wildman–Crippen LogP) is 2.05. The topological polar surface area (TPSA) is 39.9 Å². The van der Waals surface area contributed by atoms with Crippen molar-refractivity contribution >= 4 is 0 Å². The molecule has 0 radical (unpaired) electrons. The molecule has 0 aliphatic rings. The third-order valence-corrected chi connectivity index (χ3v) is 2.56. The molecule has 2 rings (SSSR count). The van der Waals surface area contributed by atoms with Crippen LogP contribution in [0.25, 0.3) is 11.3 Å². The van der Waals surface area contributed by atoms with Crippen LogP contribution in [0.3, 0.4) is 0 Å². The molecule has 0 atom stereocenters. The number of methoxy groups -OCH3 is 1. The molecule has 0 bridgehead atoms. The van der Waals surface area contributed by atoms with Gasteiger partial charge in [-0.1, -0.05) is 19.1 Å². The summed E-state index contributed by atoms with van der Waals surface area (Å²) >= 11 is 0. The predicted molar refractivity (Wildman–Crippen MR) is 62.4 cm³/mol. The van der Waals surface area contributed by atoms with Gasteiger partial charge in [0.05, 0.1) is 13.3 Å². The molecule has 1 heterocycles. The first kappa shape index (κ1) is 10.7. The lowest BCUT2D eigenvalue weighted by Gasteiger charge is -2.10. The van der Waals surface area contributed by atoms with Crippen LogP contribution in [-0.2, 0) is 13.5 Å². The van der Waals surface area contributed by atoms with Crippen molar-refractivity contribution in [1.29, 1.82) is 0 Å². The second-order valence-corrected chi connectivity index (χ2v) is 3.57. The molecule has 0 N–H and O–H groups in total. The van der Waals surface area contributed by atoms with Crippen LogP contribution in [0.1, 0.15) is 12.5 Å². The van der Waals surface area contributed by atoms with Gasteiger partial charge in [0, 0.05) is 12.6 Å². The SMILES string of the molecule is CCc1cccc(-c2cnn(C)n2)c1OC. The number of hydrogen-bond donors (Lipinski definition) is 0. The number of nitrogens with zero attached hydrogens (tertiary/aromatic N) is 3. The van der Waals surface area contributed by atoms with E-state index in [2.05, 4.69) is 23.2 Å². The second-order valence-electron chi connectivity index (χ2n) is 3.57. The van der Waals surface area contributed by atoms with Crippen LogP contribution in [0.15, 0.2) is 24.4 Å². The molecule has 0 unspecified atom stereocenters. The zero-order chi connectivity index (χ0) is 11.5. The van der Waals surface area contributed by atoms with Gasteiger partial charge in [-0.15, -0.1) is 0 Å². The second kappa shape index (κ2) is 4.35. The molecule has 1 aromatic heterocycles. The quantitative estimate of drug-likeness (QED) is 0.790. The van der Waals surface area contributed by atoms with E-state index in [0.717, 1.165) is 23.4 Å². The summed E-state index contributed by atoms with van der Waals surface area (Å²) in [6.07, 6.45) is 2.69. The molecule has 84 valence electrons. The van der Waals surface area contributed by atoms with Crippen LogP contribution in [0.4, 0.5) is 0 Å². The average molecular weight is 217 g/mol. The van der Waals surface area contributed by atoms with Crippen molar-refractivity contribution in [3.8, 4) is 17.0 Å². The Kier molecular flexibility index (Phi) is 2.90. The Morgan fingerprint density at radius 3 is 2.75 bits per heavy atom. The number of hydrogen-bond acceptors (Lipinski definition) is 3. The van der Waals surface area contributed by atoms with Crippen molar-refractivity contribution < 1.29 is 4.74 Å². The summed E-state index contributed by atoms with van der Waals surface area (Å²) in [7, 11) is 3.49. The van der Waals surface area contributed by atoms with Crippen LogP contribution in [0, 0.1) is 0 Å². The average Bonchev–Trinajstić information content (AvgIpc) is 2.74. The van der Waals surface area contributed by atoms with Crippen LogP contribution in [0.5, 0.6) is 5.75 Å². The molecule has 0 saturated carbocycles. The molecule has 0 saturated heterocycles. The van der Waals surface area contributed by atoms with Gasteiger partial charge in [-0.3, -0.25) is 0 Å². The number of benzene rings is 1. The Morgan fingerprint density at radius 1 is 1.38 bits per heavy atom.